The molecule has 4 N–H and O–H groups in total. The van der Waals surface area contributed by atoms with E-state index >= 15 is 0 Å². The lowest BCUT2D eigenvalue weighted by atomic mass is 10.1. The summed E-state index contributed by atoms with van der Waals surface area (Å²) in [5, 5.41) is 19.0. The van der Waals surface area contributed by atoms with Gasteiger partial charge in [-0.05, 0) is 0 Å². The van der Waals surface area contributed by atoms with Crippen LogP contribution in [0.25, 0.3) is 0 Å². The monoisotopic (exact) mass is 188 g/mol. The summed E-state index contributed by atoms with van der Waals surface area (Å²) < 4.78 is 4.73. The molecule has 74 valence electrons. The van der Waals surface area contributed by atoms with Crippen molar-refractivity contribution in [2.75, 3.05) is 13.2 Å². The smallest absolute Gasteiger partial charge is 0.410 e. The molecule has 0 aromatic heterocycles. The number of nitrogens with two attached hydrogens (primary N) is 1. The summed E-state index contributed by atoms with van der Waals surface area (Å²) in [6.07, 6.45) is -2.40. The second-order valence-electron chi connectivity index (χ2n) is 3.34. The van der Waals surface area contributed by atoms with Crippen LogP contribution >= 0.6 is 0 Å². The van der Waals surface area contributed by atoms with Gasteiger partial charge in [0.05, 0.1) is 12.1 Å². The zero-order chi connectivity index (χ0) is 9.59. The fourth-order valence-corrected chi connectivity index (χ4v) is 1.96. The molecule has 2 rings (SSSR count). The molecule has 6 nitrogen and oxygen atoms in total. The SMILES string of the molecule is NC[C@@H]1[C@@H](O)[C@H](O)[C@@H]2COC(=O)N12. The fraction of sp³-hybridized carbons (Fsp3) is 0.857. The lowest BCUT2D eigenvalue weighted by Crippen LogP contribution is -2.43. The van der Waals surface area contributed by atoms with Crippen LogP contribution in [0.1, 0.15) is 0 Å². The molecule has 2 heterocycles. The lowest BCUT2D eigenvalue weighted by Gasteiger charge is -2.20. The van der Waals surface area contributed by atoms with Crippen molar-refractivity contribution in [3.63, 3.8) is 0 Å². The molecular weight excluding hydrogens is 176 g/mol. The molecule has 0 unspecified atom stereocenters. The third-order valence-corrected chi connectivity index (χ3v) is 2.68. The first-order valence-electron chi connectivity index (χ1n) is 4.18. The molecular formula is C7H12N2O4. The number of rotatable bonds is 1. The Labute approximate surface area is 74.9 Å². The molecule has 0 aromatic carbocycles. The second kappa shape index (κ2) is 2.83. The van der Waals surface area contributed by atoms with Gasteiger partial charge < -0.3 is 20.7 Å². The van der Waals surface area contributed by atoms with Crippen molar-refractivity contribution in [1.82, 2.24) is 4.90 Å². The van der Waals surface area contributed by atoms with E-state index in [9.17, 15) is 15.0 Å². The van der Waals surface area contributed by atoms with E-state index in [1.54, 1.807) is 0 Å². The molecule has 4 atom stereocenters. The van der Waals surface area contributed by atoms with E-state index in [0.29, 0.717) is 0 Å². The van der Waals surface area contributed by atoms with Crippen molar-refractivity contribution in [2.45, 2.75) is 24.3 Å². The van der Waals surface area contributed by atoms with Crippen molar-refractivity contribution in [1.29, 1.82) is 0 Å². The minimum absolute atomic E-state index is 0.129. The normalized spacial score (nSPS) is 43.6. The number of hydrogen-bond donors (Lipinski definition) is 3. The zero-order valence-electron chi connectivity index (χ0n) is 6.96. The van der Waals surface area contributed by atoms with E-state index < -0.39 is 30.4 Å². The van der Waals surface area contributed by atoms with E-state index in [4.69, 9.17) is 10.5 Å². The van der Waals surface area contributed by atoms with Gasteiger partial charge in [0, 0.05) is 6.54 Å². The zero-order valence-corrected chi connectivity index (χ0v) is 6.96. The Bertz CT molecular complexity index is 233. The number of ether oxygens (including phenoxy) is 1. The third kappa shape index (κ3) is 1.03. The summed E-state index contributed by atoms with van der Waals surface area (Å²) in [7, 11) is 0. The second-order valence-corrected chi connectivity index (χ2v) is 3.34. The Balaban J connectivity index is 2.25. The molecule has 2 saturated heterocycles. The van der Waals surface area contributed by atoms with Crippen LogP contribution in [0.4, 0.5) is 4.79 Å². The van der Waals surface area contributed by atoms with E-state index in [2.05, 4.69) is 0 Å². The van der Waals surface area contributed by atoms with Gasteiger partial charge in [-0.2, -0.15) is 0 Å². The molecule has 1 amide bonds. The van der Waals surface area contributed by atoms with Crippen LogP contribution in [-0.2, 0) is 4.74 Å². The Morgan fingerprint density at radius 2 is 2.23 bits per heavy atom. The van der Waals surface area contributed by atoms with Gasteiger partial charge in [-0.25, -0.2) is 4.79 Å². The van der Waals surface area contributed by atoms with E-state index in [1.165, 1.54) is 4.90 Å². The van der Waals surface area contributed by atoms with Gasteiger partial charge in [0.1, 0.15) is 18.8 Å². The molecule has 0 bridgehead atoms. The number of aliphatic hydroxyl groups excluding tert-OH is 2. The van der Waals surface area contributed by atoms with Crippen LogP contribution in [0.15, 0.2) is 0 Å². The molecule has 0 radical (unpaired) electrons. The topological polar surface area (TPSA) is 96.0 Å². The molecule has 0 spiro atoms. The van der Waals surface area contributed by atoms with Crippen LogP contribution in [-0.4, -0.2) is 58.6 Å². The summed E-state index contributed by atoms with van der Waals surface area (Å²) in [5.74, 6) is 0. The highest BCUT2D eigenvalue weighted by Gasteiger charge is 2.53. The largest absolute Gasteiger partial charge is 0.447 e. The van der Waals surface area contributed by atoms with E-state index in [0.717, 1.165) is 0 Å². The first-order chi connectivity index (χ1) is 6.16. The Morgan fingerprint density at radius 1 is 1.54 bits per heavy atom. The van der Waals surface area contributed by atoms with Gasteiger partial charge in [0.15, 0.2) is 0 Å². The molecule has 6 heteroatoms. The molecule has 0 aliphatic carbocycles. The van der Waals surface area contributed by atoms with Crippen LogP contribution < -0.4 is 5.73 Å². The minimum Gasteiger partial charge on any atom is -0.447 e. The number of carbonyl (C=O) groups is 1. The average molecular weight is 188 g/mol. The van der Waals surface area contributed by atoms with Crippen molar-refractivity contribution in [2.24, 2.45) is 5.73 Å². The predicted molar refractivity (Wildman–Crippen MR) is 41.8 cm³/mol. The summed E-state index contributed by atoms with van der Waals surface area (Å²) in [4.78, 5) is 12.5. The first kappa shape index (κ1) is 8.74. The number of aliphatic hydroxyl groups is 2. The number of cyclic esters (lactones) is 1. The molecule has 13 heavy (non-hydrogen) atoms. The third-order valence-electron chi connectivity index (χ3n) is 2.68. The maximum absolute atomic E-state index is 11.1. The summed E-state index contributed by atoms with van der Waals surface area (Å²) in [5.41, 5.74) is 5.38. The van der Waals surface area contributed by atoms with Gasteiger partial charge in [-0.15, -0.1) is 0 Å². The number of hydrogen-bond acceptors (Lipinski definition) is 5. The first-order valence-corrected chi connectivity index (χ1v) is 4.18. The molecule has 0 saturated carbocycles. The number of fused-ring (bicyclic) bond motifs is 1. The van der Waals surface area contributed by atoms with Crippen molar-refractivity contribution in [3.05, 3.63) is 0 Å². The Morgan fingerprint density at radius 3 is 2.85 bits per heavy atom. The van der Waals surface area contributed by atoms with Gasteiger partial charge in [0.2, 0.25) is 0 Å². The van der Waals surface area contributed by atoms with Gasteiger partial charge >= 0.3 is 6.09 Å². The highest BCUT2D eigenvalue weighted by Crippen LogP contribution is 2.29. The predicted octanol–water partition coefficient (Wildman–Crippen LogP) is -2.13. The highest BCUT2D eigenvalue weighted by molar-refractivity contribution is 5.71. The van der Waals surface area contributed by atoms with E-state index in [-0.39, 0.29) is 13.2 Å². The maximum Gasteiger partial charge on any atom is 0.410 e. The minimum atomic E-state index is -0.956. The van der Waals surface area contributed by atoms with Crippen molar-refractivity contribution in [3.8, 4) is 0 Å². The summed E-state index contributed by atoms with van der Waals surface area (Å²) in [6, 6.07) is -0.953. The fourth-order valence-electron chi connectivity index (χ4n) is 1.96. The standard InChI is InChI=1S/C7H12N2O4/c8-1-3-5(10)6(11)4-2-13-7(12)9(3)4/h3-6,10-11H,1-2,8H2/t3-,4+,5-,6-/m1/s1. The number of carbonyl (C=O) groups excluding carboxylic acids is 1. The molecule has 2 fully saturated rings. The molecule has 0 aromatic rings. The summed E-state index contributed by atoms with van der Waals surface area (Å²) >= 11 is 0. The lowest BCUT2D eigenvalue weighted by molar-refractivity contribution is 0.0198. The maximum atomic E-state index is 11.1. The molecule has 2 aliphatic heterocycles. The molecule has 2 aliphatic rings. The van der Waals surface area contributed by atoms with Gasteiger partial charge in [0.25, 0.3) is 0 Å². The van der Waals surface area contributed by atoms with Crippen LogP contribution in [0.3, 0.4) is 0 Å². The van der Waals surface area contributed by atoms with Crippen LogP contribution in [0.5, 0.6) is 0 Å². The quantitative estimate of drug-likeness (QED) is 0.437. The number of amides is 1. The van der Waals surface area contributed by atoms with E-state index in [1.807, 2.05) is 0 Å². The van der Waals surface area contributed by atoms with Gasteiger partial charge in [-0.3, -0.25) is 4.90 Å². The van der Waals surface area contributed by atoms with Crippen LogP contribution in [0.2, 0.25) is 0 Å². The van der Waals surface area contributed by atoms with Crippen LogP contribution in [0, 0.1) is 0 Å². The van der Waals surface area contributed by atoms with Crippen molar-refractivity contribution < 1.29 is 19.7 Å². The summed E-state index contributed by atoms with van der Waals surface area (Å²) in [6.45, 7) is 0.261. The Kier molecular flexibility index (Phi) is 1.90. The Hall–Kier alpha value is -0.850. The highest BCUT2D eigenvalue weighted by atomic mass is 16.6. The number of nitrogens with zero attached hydrogens (tertiary/aromatic N) is 1. The van der Waals surface area contributed by atoms with Gasteiger partial charge in [-0.1, -0.05) is 0 Å². The van der Waals surface area contributed by atoms with Crippen molar-refractivity contribution >= 4 is 6.09 Å². The average Bonchev–Trinajstić information content (AvgIpc) is 2.58.